The number of hydrogen-bond donors (Lipinski definition) is 3. The number of nitrogens with zero attached hydrogens (tertiary/aromatic N) is 3. The van der Waals surface area contributed by atoms with Gasteiger partial charge >= 0.3 is 0 Å². The molecule has 2 aromatic rings. The summed E-state index contributed by atoms with van der Waals surface area (Å²) in [6.45, 7) is 0. The number of halogens is 1. The van der Waals surface area contributed by atoms with Gasteiger partial charge in [0, 0.05) is 5.54 Å². The number of aliphatic hydroxyl groups excluding tert-OH is 2. The van der Waals surface area contributed by atoms with Crippen LogP contribution in [0.1, 0.15) is 6.23 Å². The number of rotatable bonds is 1. The number of H-pyrrole nitrogens is 1. The molecule has 3 heterocycles. The van der Waals surface area contributed by atoms with Crippen molar-refractivity contribution in [1.29, 1.82) is 0 Å². The van der Waals surface area contributed by atoms with Crippen molar-refractivity contribution < 1.29 is 14.9 Å². The molecule has 0 aromatic carbocycles. The van der Waals surface area contributed by atoms with Gasteiger partial charge in [-0.2, -0.15) is 0 Å². The first-order chi connectivity index (χ1) is 9.13. The predicted molar refractivity (Wildman–Crippen MR) is 64.2 cm³/mol. The van der Waals surface area contributed by atoms with Crippen LogP contribution in [0.25, 0.3) is 11.2 Å². The lowest BCUT2D eigenvalue weighted by atomic mass is 10.2. The molecule has 3 rings (SSSR count). The molecule has 0 spiro atoms. The maximum absolute atomic E-state index is 11.5. The molecule has 1 aliphatic rings. The van der Waals surface area contributed by atoms with Crippen molar-refractivity contribution >= 4 is 22.8 Å². The molecule has 0 saturated carbocycles. The van der Waals surface area contributed by atoms with E-state index in [-0.39, 0.29) is 16.9 Å². The van der Waals surface area contributed by atoms with Crippen molar-refractivity contribution in [3.05, 3.63) is 34.3 Å². The van der Waals surface area contributed by atoms with Crippen LogP contribution in [0.5, 0.6) is 0 Å². The van der Waals surface area contributed by atoms with Crippen molar-refractivity contribution in [2.45, 2.75) is 18.4 Å². The molecule has 1 aliphatic heterocycles. The minimum absolute atomic E-state index is 0.0471. The molecule has 0 unspecified atom stereocenters. The summed E-state index contributed by atoms with van der Waals surface area (Å²) < 4.78 is 6.69. The maximum Gasteiger partial charge on any atom is 0.278 e. The molecule has 100 valence electrons. The van der Waals surface area contributed by atoms with Crippen LogP contribution < -0.4 is 5.56 Å². The van der Waals surface area contributed by atoms with Gasteiger partial charge in [-0.15, -0.1) is 0 Å². The average Bonchev–Trinajstić information content (AvgIpc) is 2.94. The second kappa shape index (κ2) is 4.34. The zero-order chi connectivity index (χ0) is 13.6. The highest BCUT2D eigenvalue weighted by atomic mass is 35.5. The lowest BCUT2D eigenvalue weighted by Gasteiger charge is -2.15. The second-order valence-corrected chi connectivity index (χ2v) is 4.23. The highest BCUT2D eigenvalue weighted by Crippen LogP contribution is 2.33. The summed E-state index contributed by atoms with van der Waals surface area (Å²) in [4.78, 5) is 21.8. The SMILES string of the molecule is O=c1[nH]cnc2c1ncn2[C@@H]1OC(=CCl)[C@@H](O)[C@H]1O. The van der Waals surface area contributed by atoms with Crippen molar-refractivity contribution in [3.63, 3.8) is 0 Å². The lowest BCUT2D eigenvalue weighted by Crippen LogP contribution is -2.27. The fraction of sp³-hybridized carbons (Fsp3) is 0.300. The number of ether oxygens (including phenoxy) is 1. The normalized spacial score (nSPS) is 29.0. The maximum atomic E-state index is 11.5. The molecule has 0 radical (unpaired) electrons. The number of hydrogen-bond acceptors (Lipinski definition) is 6. The molecule has 1 saturated heterocycles. The lowest BCUT2D eigenvalue weighted by molar-refractivity contribution is -0.0118. The standard InChI is InChI=1S/C10H9ClN4O4/c11-1-4-6(16)7(17)10(19-4)15-3-14-5-8(15)12-2-13-9(5)18/h1-3,6-7,10,16-17H,(H,12,13,18)/t6-,7-,10-/m1/s1. The molecular weight excluding hydrogens is 276 g/mol. The van der Waals surface area contributed by atoms with Crippen LogP contribution in [-0.2, 0) is 4.74 Å². The Hall–Kier alpha value is -1.90. The highest BCUT2D eigenvalue weighted by molar-refractivity contribution is 6.25. The number of imidazole rings is 1. The zero-order valence-electron chi connectivity index (χ0n) is 9.39. The van der Waals surface area contributed by atoms with Crippen LogP contribution in [0.15, 0.2) is 28.7 Å². The van der Waals surface area contributed by atoms with Crippen molar-refractivity contribution in [3.8, 4) is 0 Å². The van der Waals surface area contributed by atoms with Crippen molar-refractivity contribution in [1.82, 2.24) is 19.5 Å². The fourth-order valence-electron chi connectivity index (χ4n) is 1.96. The Morgan fingerprint density at radius 2 is 2.26 bits per heavy atom. The molecule has 2 aromatic heterocycles. The number of aliphatic hydroxyl groups is 2. The third-order valence-electron chi connectivity index (χ3n) is 2.91. The van der Waals surface area contributed by atoms with Gasteiger partial charge in [0.2, 0.25) is 6.23 Å². The van der Waals surface area contributed by atoms with Gasteiger partial charge in [-0.05, 0) is 0 Å². The Morgan fingerprint density at radius 1 is 1.47 bits per heavy atom. The van der Waals surface area contributed by atoms with Gasteiger partial charge in [-0.25, -0.2) is 9.97 Å². The van der Waals surface area contributed by atoms with Crippen LogP contribution in [0.2, 0.25) is 0 Å². The Morgan fingerprint density at radius 3 is 2.95 bits per heavy atom. The van der Waals surface area contributed by atoms with E-state index in [4.69, 9.17) is 16.3 Å². The zero-order valence-corrected chi connectivity index (χ0v) is 10.2. The van der Waals surface area contributed by atoms with Crippen LogP contribution in [0, 0.1) is 0 Å². The summed E-state index contributed by atoms with van der Waals surface area (Å²) in [7, 11) is 0. The molecular formula is C10H9ClN4O4. The van der Waals surface area contributed by atoms with Crippen LogP contribution in [0.4, 0.5) is 0 Å². The van der Waals surface area contributed by atoms with Crippen molar-refractivity contribution in [2.24, 2.45) is 0 Å². The molecule has 0 bridgehead atoms. The monoisotopic (exact) mass is 284 g/mol. The average molecular weight is 285 g/mol. The quantitative estimate of drug-likeness (QED) is 0.647. The van der Waals surface area contributed by atoms with E-state index in [0.29, 0.717) is 0 Å². The Bertz CT molecular complexity index is 709. The van der Waals surface area contributed by atoms with Gasteiger partial charge in [-0.3, -0.25) is 9.36 Å². The fourth-order valence-corrected chi connectivity index (χ4v) is 2.14. The Balaban J connectivity index is 2.11. The van der Waals surface area contributed by atoms with Crippen LogP contribution in [0.3, 0.4) is 0 Å². The predicted octanol–water partition coefficient (Wildman–Crippen LogP) is -0.550. The highest BCUT2D eigenvalue weighted by Gasteiger charge is 2.41. The molecule has 3 N–H and O–H groups in total. The molecule has 0 amide bonds. The summed E-state index contributed by atoms with van der Waals surface area (Å²) in [5.74, 6) is 0.0471. The Kier molecular flexibility index (Phi) is 2.77. The molecule has 19 heavy (non-hydrogen) atoms. The Labute approximate surface area is 110 Å². The summed E-state index contributed by atoms with van der Waals surface area (Å²) in [6, 6.07) is 0. The van der Waals surface area contributed by atoms with Gasteiger partial charge in [0.25, 0.3) is 5.56 Å². The second-order valence-electron chi connectivity index (χ2n) is 4.01. The summed E-state index contributed by atoms with van der Waals surface area (Å²) in [5, 5.41) is 19.6. The van der Waals surface area contributed by atoms with Gasteiger partial charge in [-0.1, -0.05) is 11.6 Å². The minimum atomic E-state index is -1.23. The number of aromatic nitrogens is 4. The van der Waals surface area contributed by atoms with E-state index in [1.165, 1.54) is 17.2 Å². The molecule has 3 atom stereocenters. The van der Waals surface area contributed by atoms with Gasteiger partial charge in [0.15, 0.2) is 11.2 Å². The largest absolute Gasteiger partial charge is 0.468 e. The van der Waals surface area contributed by atoms with E-state index in [2.05, 4.69) is 15.0 Å². The van der Waals surface area contributed by atoms with E-state index < -0.39 is 24.0 Å². The number of nitrogens with one attached hydrogen (secondary N) is 1. The number of aromatic amines is 1. The van der Waals surface area contributed by atoms with Crippen LogP contribution >= 0.6 is 11.6 Å². The first-order valence-electron chi connectivity index (χ1n) is 5.36. The van der Waals surface area contributed by atoms with Gasteiger partial charge < -0.3 is 19.9 Å². The molecule has 0 aliphatic carbocycles. The third-order valence-corrected chi connectivity index (χ3v) is 3.13. The smallest absolute Gasteiger partial charge is 0.278 e. The summed E-state index contributed by atoms with van der Waals surface area (Å²) in [5.41, 5.74) is 1.02. The van der Waals surface area contributed by atoms with Crippen LogP contribution in [-0.4, -0.2) is 41.9 Å². The van der Waals surface area contributed by atoms with Gasteiger partial charge in [0.1, 0.15) is 24.3 Å². The first kappa shape index (κ1) is 12.2. The molecule has 8 nitrogen and oxygen atoms in total. The van der Waals surface area contributed by atoms with E-state index in [1.54, 1.807) is 0 Å². The summed E-state index contributed by atoms with van der Waals surface area (Å²) >= 11 is 5.48. The topological polar surface area (TPSA) is 113 Å². The van der Waals surface area contributed by atoms with E-state index >= 15 is 0 Å². The van der Waals surface area contributed by atoms with E-state index in [9.17, 15) is 15.0 Å². The molecule has 9 heteroatoms. The third kappa shape index (κ3) is 1.72. The number of fused-ring (bicyclic) bond motifs is 1. The van der Waals surface area contributed by atoms with E-state index in [1.807, 2.05) is 0 Å². The van der Waals surface area contributed by atoms with Crippen molar-refractivity contribution in [2.75, 3.05) is 0 Å². The molecule has 1 fully saturated rings. The minimum Gasteiger partial charge on any atom is -0.468 e. The summed E-state index contributed by atoms with van der Waals surface area (Å²) in [6.07, 6.45) is -0.881. The van der Waals surface area contributed by atoms with E-state index in [0.717, 1.165) is 5.54 Å². The first-order valence-corrected chi connectivity index (χ1v) is 5.80. The van der Waals surface area contributed by atoms with Gasteiger partial charge in [0.05, 0.1) is 6.33 Å².